The summed E-state index contributed by atoms with van der Waals surface area (Å²) in [5.41, 5.74) is 3.81. The van der Waals surface area contributed by atoms with E-state index >= 15 is 0 Å². The molecular formula is C27H20O3. The Balaban J connectivity index is 1.56. The molecule has 30 heavy (non-hydrogen) atoms. The Morgan fingerprint density at radius 1 is 0.767 bits per heavy atom. The van der Waals surface area contributed by atoms with Crippen LogP contribution in [0.15, 0.2) is 97.1 Å². The van der Waals surface area contributed by atoms with Gasteiger partial charge in [-0.1, -0.05) is 72.8 Å². The number of fused-ring (bicyclic) bond motifs is 3. The van der Waals surface area contributed by atoms with Gasteiger partial charge in [0, 0.05) is 5.92 Å². The molecule has 1 unspecified atom stereocenters. The van der Waals surface area contributed by atoms with Crippen LogP contribution in [0.4, 0.5) is 0 Å². The predicted octanol–water partition coefficient (Wildman–Crippen LogP) is 6.33. The fourth-order valence-corrected chi connectivity index (χ4v) is 4.12. The molecule has 0 aliphatic heterocycles. The van der Waals surface area contributed by atoms with Crippen LogP contribution in [0.3, 0.4) is 0 Å². The SMILES string of the molecule is COC(=O)C1=CC(c2ccc(Oc3ccccc3)cc2)c2c1ccc1ccccc21. The van der Waals surface area contributed by atoms with Crippen LogP contribution in [0, 0.1) is 0 Å². The normalized spacial score (nSPS) is 14.8. The molecule has 3 nitrogen and oxygen atoms in total. The highest BCUT2D eigenvalue weighted by Gasteiger charge is 2.30. The lowest BCUT2D eigenvalue weighted by Gasteiger charge is -2.15. The zero-order valence-electron chi connectivity index (χ0n) is 16.5. The number of hydrogen-bond donors (Lipinski definition) is 0. The van der Waals surface area contributed by atoms with Crippen LogP contribution < -0.4 is 4.74 Å². The van der Waals surface area contributed by atoms with E-state index in [9.17, 15) is 4.79 Å². The fraction of sp³-hybridized carbons (Fsp3) is 0.0741. The van der Waals surface area contributed by atoms with Crippen molar-refractivity contribution < 1.29 is 14.3 Å². The summed E-state index contributed by atoms with van der Waals surface area (Å²) in [5.74, 6) is 1.25. The van der Waals surface area contributed by atoms with Crippen molar-refractivity contribution >= 4 is 22.3 Å². The van der Waals surface area contributed by atoms with Gasteiger partial charge in [-0.15, -0.1) is 0 Å². The van der Waals surface area contributed by atoms with E-state index in [-0.39, 0.29) is 11.9 Å². The Bertz CT molecular complexity index is 1250. The number of methoxy groups -OCH3 is 1. The maximum absolute atomic E-state index is 12.4. The van der Waals surface area contributed by atoms with Gasteiger partial charge >= 0.3 is 5.97 Å². The molecular weight excluding hydrogens is 372 g/mol. The molecule has 1 aliphatic carbocycles. The minimum Gasteiger partial charge on any atom is -0.465 e. The molecule has 0 N–H and O–H groups in total. The van der Waals surface area contributed by atoms with Crippen molar-refractivity contribution in [3.63, 3.8) is 0 Å². The molecule has 0 aromatic heterocycles. The van der Waals surface area contributed by atoms with Crippen molar-refractivity contribution in [3.8, 4) is 11.5 Å². The predicted molar refractivity (Wildman–Crippen MR) is 119 cm³/mol. The first-order valence-corrected chi connectivity index (χ1v) is 9.89. The van der Waals surface area contributed by atoms with Crippen molar-refractivity contribution in [2.75, 3.05) is 7.11 Å². The van der Waals surface area contributed by atoms with Crippen molar-refractivity contribution in [2.45, 2.75) is 5.92 Å². The topological polar surface area (TPSA) is 35.5 Å². The van der Waals surface area contributed by atoms with Crippen molar-refractivity contribution in [1.82, 2.24) is 0 Å². The van der Waals surface area contributed by atoms with E-state index in [1.165, 1.54) is 7.11 Å². The summed E-state index contributed by atoms with van der Waals surface area (Å²) in [6, 6.07) is 30.1. The summed E-state index contributed by atoms with van der Waals surface area (Å²) < 4.78 is 11.0. The minimum atomic E-state index is -0.307. The van der Waals surface area contributed by atoms with Crippen molar-refractivity contribution in [1.29, 1.82) is 0 Å². The molecule has 5 rings (SSSR count). The van der Waals surface area contributed by atoms with E-state index in [0.717, 1.165) is 39.0 Å². The molecule has 0 heterocycles. The lowest BCUT2D eigenvalue weighted by molar-refractivity contribution is -0.133. The van der Waals surface area contributed by atoms with Gasteiger partial charge in [0.25, 0.3) is 0 Å². The van der Waals surface area contributed by atoms with Gasteiger partial charge in [-0.25, -0.2) is 4.79 Å². The van der Waals surface area contributed by atoms with Crippen molar-refractivity contribution in [3.05, 3.63) is 114 Å². The molecule has 1 atom stereocenters. The number of benzene rings is 4. The number of carbonyl (C=O) groups is 1. The van der Waals surface area contributed by atoms with E-state index in [4.69, 9.17) is 9.47 Å². The Labute approximate surface area is 175 Å². The molecule has 1 aliphatic rings. The summed E-state index contributed by atoms with van der Waals surface area (Å²) in [6.45, 7) is 0. The summed E-state index contributed by atoms with van der Waals surface area (Å²) in [6.07, 6.45) is 2.01. The van der Waals surface area contributed by atoms with E-state index in [0.29, 0.717) is 5.57 Å². The van der Waals surface area contributed by atoms with E-state index in [1.807, 2.05) is 66.7 Å². The third kappa shape index (κ3) is 3.15. The summed E-state index contributed by atoms with van der Waals surface area (Å²) in [5, 5.41) is 2.31. The molecule has 0 bridgehead atoms. The second-order valence-corrected chi connectivity index (χ2v) is 7.28. The highest BCUT2D eigenvalue weighted by atomic mass is 16.5. The average molecular weight is 392 g/mol. The van der Waals surface area contributed by atoms with Crippen LogP contribution in [0.1, 0.15) is 22.6 Å². The molecule has 4 aromatic rings. The van der Waals surface area contributed by atoms with Crippen molar-refractivity contribution in [2.24, 2.45) is 0 Å². The third-order valence-corrected chi connectivity index (χ3v) is 5.53. The Kier molecular flexibility index (Phi) is 4.56. The first kappa shape index (κ1) is 18.2. The lowest BCUT2D eigenvalue weighted by Crippen LogP contribution is -2.02. The van der Waals surface area contributed by atoms with Crippen LogP contribution in [0.5, 0.6) is 11.5 Å². The van der Waals surface area contributed by atoms with Crippen LogP contribution in [0.2, 0.25) is 0 Å². The molecule has 4 aromatic carbocycles. The van der Waals surface area contributed by atoms with E-state index in [2.05, 4.69) is 30.3 Å². The fourth-order valence-electron chi connectivity index (χ4n) is 4.12. The minimum absolute atomic E-state index is 0.0222. The third-order valence-electron chi connectivity index (χ3n) is 5.53. The first-order chi connectivity index (χ1) is 14.7. The number of hydrogen-bond acceptors (Lipinski definition) is 3. The Morgan fingerprint density at radius 3 is 2.23 bits per heavy atom. The molecule has 3 heteroatoms. The quantitative estimate of drug-likeness (QED) is 0.381. The molecule has 0 radical (unpaired) electrons. The van der Waals surface area contributed by atoms with Gasteiger partial charge in [0.15, 0.2) is 0 Å². The van der Waals surface area contributed by atoms with Crippen LogP contribution in [-0.4, -0.2) is 13.1 Å². The monoisotopic (exact) mass is 392 g/mol. The Morgan fingerprint density at radius 2 is 1.47 bits per heavy atom. The standard InChI is InChI=1S/C27H20O3/c1-29-27(28)25-17-24(26-22-10-6-5-7-18(22)13-16-23(25)26)19-11-14-21(15-12-19)30-20-8-3-2-4-9-20/h2-17,24H,1H3. The highest BCUT2D eigenvalue weighted by Crippen LogP contribution is 2.44. The molecule has 146 valence electrons. The summed E-state index contributed by atoms with van der Waals surface area (Å²) in [7, 11) is 1.42. The van der Waals surface area contributed by atoms with Gasteiger partial charge in [-0.3, -0.25) is 0 Å². The molecule has 0 saturated heterocycles. The van der Waals surface area contributed by atoms with Gasteiger partial charge in [-0.2, -0.15) is 0 Å². The van der Waals surface area contributed by atoms with Crippen LogP contribution in [0.25, 0.3) is 16.3 Å². The van der Waals surface area contributed by atoms with Crippen LogP contribution >= 0.6 is 0 Å². The summed E-state index contributed by atoms with van der Waals surface area (Å²) in [4.78, 5) is 12.4. The van der Waals surface area contributed by atoms with E-state index < -0.39 is 0 Å². The van der Waals surface area contributed by atoms with Crippen LogP contribution in [-0.2, 0) is 9.53 Å². The number of rotatable bonds is 4. The smallest absolute Gasteiger partial charge is 0.338 e. The Hall–Kier alpha value is -3.85. The zero-order chi connectivity index (χ0) is 20.5. The number of ether oxygens (including phenoxy) is 2. The number of esters is 1. The van der Waals surface area contributed by atoms with Gasteiger partial charge in [-0.05, 0) is 51.7 Å². The van der Waals surface area contributed by atoms with Gasteiger partial charge < -0.3 is 9.47 Å². The average Bonchev–Trinajstić information content (AvgIpc) is 3.20. The first-order valence-electron chi connectivity index (χ1n) is 9.89. The number of allylic oxidation sites excluding steroid dienone is 1. The van der Waals surface area contributed by atoms with Gasteiger partial charge in [0.2, 0.25) is 0 Å². The molecule has 0 amide bonds. The maximum Gasteiger partial charge on any atom is 0.338 e. The summed E-state index contributed by atoms with van der Waals surface area (Å²) >= 11 is 0. The largest absolute Gasteiger partial charge is 0.465 e. The second kappa shape index (κ2) is 7.53. The zero-order valence-corrected chi connectivity index (χ0v) is 16.5. The second-order valence-electron chi connectivity index (χ2n) is 7.28. The molecule has 0 fully saturated rings. The highest BCUT2D eigenvalue weighted by molar-refractivity contribution is 6.20. The lowest BCUT2D eigenvalue weighted by atomic mass is 9.89. The molecule has 0 saturated carbocycles. The van der Waals surface area contributed by atoms with Gasteiger partial charge in [0.05, 0.1) is 12.7 Å². The number of para-hydroxylation sites is 1. The van der Waals surface area contributed by atoms with E-state index in [1.54, 1.807) is 0 Å². The maximum atomic E-state index is 12.4. The number of carbonyl (C=O) groups excluding carboxylic acids is 1. The molecule has 0 spiro atoms. The van der Waals surface area contributed by atoms with Gasteiger partial charge in [0.1, 0.15) is 11.5 Å².